The highest BCUT2D eigenvalue weighted by atomic mass is 16.1. The first-order valence-corrected chi connectivity index (χ1v) is 4.14. The molecule has 0 radical (unpaired) electrons. The largest absolute Gasteiger partial charge is 0.321 e. The van der Waals surface area contributed by atoms with Gasteiger partial charge in [-0.1, -0.05) is 5.92 Å². The quantitative estimate of drug-likeness (QED) is 0.495. The van der Waals surface area contributed by atoms with Gasteiger partial charge in [-0.25, -0.2) is 4.98 Å². The van der Waals surface area contributed by atoms with Crippen molar-refractivity contribution in [3.8, 4) is 12.3 Å². The fraction of sp³-hybridized carbons (Fsp3) is 0.0909. The molecule has 2 aromatic heterocycles. The molecule has 2 heterocycles. The van der Waals surface area contributed by atoms with Crippen LogP contribution in [0.5, 0.6) is 0 Å². The molecule has 0 spiro atoms. The average molecular weight is 184 g/mol. The first-order valence-electron chi connectivity index (χ1n) is 4.14. The van der Waals surface area contributed by atoms with Crippen LogP contribution in [0, 0.1) is 12.3 Å². The summed E-state index contributed by atoms with van der Waals surface area (Å²) in [6.45, 7) is 0. The molecule has 0 aliphatic carbocycles. The smallest absolute Gasteiger partial charge is 0.153 e. The lowest BCUT2D eigenvalue weighted by molar-refractivity contribution is 0.112. The summed E-state index contributed by atoms with van der Waals surface area (Å²) in [4.78, 5) is 15.0. The highest BCUT2D eigenvalue weighted by molar-refractivity contribution is 5.99. The number of carbonyl (C=O) groups excluding carboxylic acids is 1. The van der Waals surface area contributed by atoms with E-state index < -0.39 is 0 Å². The molecule has 68 valence electrons. The molecular weight excluding hydrogens is 176 g/mol. The van der Waals surface area contributed by atoms with Crippen LogP contribution >= 0.6 is 0 Å². The summed E-state index contributed by atoms with van der Waals surface area (Å²) in [6.07, 6.45) is 7.79. The number of aromatic nitrogens is 2. The van der Waals surface area contributed by atoms with Gasteiger partial charge in [-0.15, -0.1) is 6.42 Å². The van der Waals surface area contributed by atoms with E-state index in [1.54, 1.807) is 23.9 Å². The highest BCUT2D eigenvalue weighted by Crippen LogP contribution is 2.20. The zero-order valence-electron chi connectivity index (χ0n) is 7.69. The van der Waals surface area contributed by atoms with Gasteiger partial charge in [0.1, 0.15) is 11.3 Å². The van der Waals surface area contributed by atoms with Crippen LogP contribution in [0.15, 0.2) is 18.3 Å². The molecule has 0 bridgehead atoms. The average Bonchev–Trinajstić information content (AvgIpc) is 2.51. The van der Waals surface area contributed by atoms with Crippen LogP contribution in [0.25, 0.3) is 11.0 Å². The number of hydrogen-bond donors (Lipinski definition) is 0. The van der Waals surface area contributed by atoms with Crippen molar-refractivity contribution in [2.75, 3.05) is 0 Å². The van der Waals surface area contributed by atoms with Crippen LogP contribution in [0.3, 0.4) is 0 Å². The molecule has 3 nitrogen and oxygen atoms in total. The van der Waals surface area contributed by atoms with Crippen molar-refractivity contribution in [3.05, 3.63) is 29.6 Å². The van der Waals surface area contributed by atoms with E-state index >= 15 is 0 Å². The number of aldehydes is 1. The summed E-state index contributed by atoms with van der Waals surface area (Å²) in [6, 6.07) is 3.63. The van der Waals surface area contributed by atoms with E-state index in [2.05, 4.69) is 10.9 Å². The zero-order valence-corrected chi connectivity index (χ0v) is 7.69. The minimum absolute atomic E-state index is 0.540. The number of carbonyl (C=O) groups is 1. The Morgan fingerprint density at radius 1 is 1.64 bits per heavy atom. The summed E-state index contributed by atoms with van der Waals surface area (Å²) in [5, 5.41) is 0.804. The molecule has 0 fully saturated rings. The number of terminal acetylenes is 1. The standard InChI is InChI=1S/C11H8N2O/c1-3-10-9(7-14)8-5-4-6-12-11(8)13(10)2/h1,4-7H,2H3. The highest BCUT2D eigenvalue weighted by Gasteiger charge is 2.12. The Kier molecular flexibility index (Phi) is 1.83. The molecule has 0 N–H and O–H groups in total. The number of pyridine rings is 1. The van der Waals surface area contributed by atoms with Gasteiger partial charge in [-0.3, -0.25) is 4.79 Å². The predicted octanol–water partition coefficient (Wildman–Crippen LogP) is 1.37. The van der Waals surface area contributed by atoms with E-state index in [4.69, 9.17) is 6.42 Å². The van der Waals surface area contributed by atoms with Crippen molar-refractivity contribution in [3.63, 3.8) is 0 Å². The van der Waals surface area contributed by atoms with E-state index in [0.29, 0.717) is 11.3 Å². The van der Waals surface area contributed by atoms with Crippen molar-refractivity contribution in [2.45, 2.75) is 0 Å². The Bertz CT molecular complexity index is 546. The topological polar surface area (TPSA) is 34.9 Å². The normalized spacial score (nSPS) is 10.0. The second-order valence-corrected chi connectivity index (χ2v) is 2.96. The molecule has 0 saturated carbocycles. The van der Waals surface area contributed by atoms with Crippen LogP contribution in [-0.4, -0.2) is 15.8 Å². The summed E-state index contributed by atoms with van der Waals surface area (Å²) in [5.74, 6) is 2.50. The molecule has 2 aromatic rings. The van der Waals surface area contributed by atoms with Crippen LogP contribution < -0.4 is 0 Å². The monoisotopic (exact) mass is 184 g/mol. The summed E-state index contributed by atoms with van der Waals surface area (Å²) >= 11 is 0. The lowest BCUT2D eigenvalue weighted by Crippen LogP contribution is -1.93. The maximum atomic E-state index is 10.9. The minimum Gasteiger partial charge on any atom is -0.321 e. The van der Waals surface area contributed by atoms with Gasteiger partial charge < -0.3 is 4.57 Å². The predicted molar refractivity (Wildman–Crippen MR) is 54.0 cm³/mol. The lowest BCUT2D eigenvalue weighted by Gasteiger charge is -1.94. The molecule has 0 amide bonds. The maximum absolute atomic E-state index is 10.9. The van der Waals surface area contributed by atoms with Gasteiger partial charge in [-0.05, 0) is 12.1 Å². The van der Waals surface area contributed by atoms with Gasteiger partial charge >= 0.3 is 0 Å². The van der Waals surface area contributed by atoms with Crippen LogP contribution in [0.1, 0.15) is 16.1 Å². The molecule has 0 aliphatic heterocycles. The molecule has 0 aliphatic rings. The van der Waals surface area contributed by atoms with Gasteiger partial charge in [-0.2, -0.15) is 0 Å². The van der Waals surface area contributed by atoms with Gasteiger partial charge in [0.05, 0.1) is 5.56 Å². The van der Waals surface area contributed by atoms with E-state index in [1.165, 1.54) is 0 Å². The van der Waals surface area contributed by atoms with Gasteiger partial charge in [0, 0.05) is 18.6 Å². The van der Waals surface area contributed by atoms with Crippen molar-refractivity contribution < 1.29 is 4.79 Å². The summed E-state index contributed by atoms with van der Waals surface area (Å²) in [7, 11) is 1.80. The molecule has 14 heavy (non-hydrogen) atoms. The van der Waals surface area contributed by atoms with Gasteiger partial charge in [0.15, 0.2) is 6.29 Å². The Morgan fingerprint density at radius 2 is 2.43 bits per heavy atom. The third-order valence-corrected chi connectivity index (χ3v) is 2.24. The molecule has 2 rings (SSSR count). The first-order chi connectivity index (χ1) is 6.79. The Balaban J connectivity index is 3.00. The van der Waals surface area contributed by atoms with Crippen molar-refractivity contribution >= 4 is 17.3 Å². The Morgan fingerprint density at radius 3 is 3.07 bits per heavy atom. The number of aryl methyl sites for hydroxylation is 1. The molecule has 0 saturated heterocycles. The summed E-state index contributed by atoms with van der Waals surface area (Å²) < 4.78 is 1.75. The van der Waals surface area contributed by atoms with Crippen molar-refractivity contribution in [1.82, 2.24) is 9.55 Å². The Hall–Kier alpha value is -2.08. The van der Waals surface area contributed by atoms with E-state index in [-0.39, 0.29) is 0 Å². The number of fused-ring (bicyclic) bond motifs is 1. The van der Waals surface area contributed by atoms with Crippen molar-refractivity contribution in [1.29, 1.82) is 0 Å². The van der Waals surface area contributed by atoms with Gasteiger partial charge in [0.25, 0.3) is 0 Å². The Labute approximate surface area is 81.4 Å². The van der Waals surface area contributed by atoms with E-state index in [0.717, 1.165) is 17.3 Å². The minimum atomic E-state index is 0.540. The SMILES string of the molecule is C#Cc1c(C=O)c2cccnc2n1C. The second kappa shape index (κ2) is 3.00. The van der Waals surface area contributed by atoms with Gasteiger partial charge in [0.2, 0.25) is 0 Å². The van der Waals surface area contributed by atoms with E-state index in [1.807, 2.05) is 6.07 Å². The zero-order chi connectivity index (χ0) is 10.1. The first kappa shape index (κ1) is 8.52. The van der Waals surface area contributed by atoms with E-state index in [9.17, 15) is 4.79 Å². The molecule has 0 aromatic carbocycles. The molecule has 0 atom stereocenters. The van der Waals surface area contributed by atoms with Crippen LogP contribution in [0.4, 0.5) is 0 Å². The lowest BCUT2D eigenvalue weighted by atomic mass is 10.2. The number of hydrogen-bond acceptors (Lipinski definition) is 2. The maximum Gasteiger partial charge on any atom is 0.153 e. The molecule has 0 unspecified atom stereocenters. The number of rotatable bonds is 1. The fourth-order valence-electron chi connectivity index (χ4n) is 1.58. The van der Waals surface area contributed by atoms with Crippen LogP contribution in [-0.2, 0) is 7.05 Å². The number of nitrogens with zero attached hydrogens (tertiary/aromatic N) is 2. The molecular formula is C11H8N2O. The van der Waals surface area contributed by atoms with Crippen LogP contribution in [0.2, 0.25) is 0 Å². The second-order valence-electron chi connectivity index (χ2n) is 2.96. The van der Waals surface area contributed by atoms with Crippen molar-refractivity contribution in [2.24, 2.45) is 7.05 Å². The summed E-state index contributed by atoms with van der Waals surface area (Å²) in [5.41, 5.74) is 1.86. The molecule has 3 heteroatoms. The fourth-order valence-corrected chi connectivity index (χ4v) is 1.58. The third kappa shape index (κ3) is 0.944. The third-order valence-electron chi connectivity index (χ3n) is 2.24.